The molecule has 3 N–H and O–H groups in total. The molecule has 2 aliphatic rings. The van der Waals surface area contributed by atoms with Crippen molar-refractivity contribution in [1.82, 2.24) is 5.32 Å². The topological polar surface area (TPSA) is 125 Å². The largest absolute Gasteiger partial charge is 0.392 e. The SMILES string of the molecule is COC[C@H](C[C@H]1O[C@H]([C@@H](NC(=O)[C@@H](O)[C@@]2(OC)CC[C@@H](C)[C@@H](C)O2)OC)C[C@@H](O)C1(C)C)OC. The molecule has 9 atom stereocenters. The molecular formula is C24H45NO9. The minimum Gasteiger partial charge on any atom is -0.392 e. The van der Waals surface area contributed by atoms with E-state index in [9.17, 15) is 15.0 Å². The van der Waals surface area contributed by atoms with Gasteiger partial charge in [0.25, 0.3) is 5.91 Å². The summed E-state index contributed by atoms with van der Waals surface area (Å²) in [6, 6.07) is 0. The van der Waals surface area contributed by atoms with Gasteiger partial charge >= 0.3 is 0 Å². The van der Waals surface area contributed by atoms with Crippen LogP contribution in [0.25, 0.3) is 0 Å². The number of nitrogens with one attached hydrogen (secondary N) is 1. The standard InChI is InChI=1S/C24H45NO9/c1-14-9-10-24(32-8,34-15(14)2)20(27)21(28)25-22(31-7)17-12-18(26)23(3,4)19(33-17)11-16(30-6)13-29-5/h14-20,22,26-27H,9-13H2,1-8H3,(H,25,28)/t14-,15-,16+,17+,18-,19-,20-,22+,24-/m1/s1. The third kappa shape index (κ3) is 6.47. The predicted molar refractivity (Wildman–Crippen MR) is 124 cm³/mol. The molecule has 0 unspecified atom stereocenters. The molecule has 0 aromatic carbocycles. The lowest BCUT2D eigenvalue weighted by atomic mass is 9.74. The molecule has 10 heteroatoms. The number of rotatable bonds is 11. The van der Waals surface area contributed by atoms with Crippen LogP contribution < -0.4 is 5.32 Å². The minimum atomic E-state index is -1.56. The third-order valence-electron chi connectivity index (χ3n) is 7.67. The molecule has 0 aromatic rings. The van der Waals surface area contributed by atoms with Crippen LogP contribution in [-0.2, 0) is 33.2 Å². The molecule has 0 aliphatic carbocycles. The van der Waals surface area contributed by atoms with E-state index in [1.807, 2.05) is 20.8 Å². The van der Waals surface area contributed by atoms with Crippen LogP contribution in [0, 0.1) is 11.3 Å². The van der Waals surface area contributed by atoms with Crippen molar-refractivity contribution in [3.63, 3.8) is 0 Å². The number of ether oxygens (including phenoxy) is 6. The van der Waals surface area contributed by atoms with Gasteiger partial charge in [0.15, 0.2) is 12.3 Å². The predicted octanol–water partition coefficient (Wildman–Crippen LogP) is 1.21. The van der Waals surface area contributed by atoms with Gasteiger partial charge in [0.05, 0.1) is 31.0 Å². The molecule has 1 amide bonds. The van der Waals surface area contributed by atoms with Crippen LogP contribution in [-0.4, -0.2) is 99.8 Å². The monoisotopic (exact) mass is 491 g/mol. The Bertz CT molecular complexity index is 648. The fourth-order valence-electron chi connectivity index (χ4n) is 4.73. The Morgan fingerprint density at radius 3 is 2.38 bits per heavy atom. The smallest absolute Gasteiger partial charge is 0.256 e. The molecule has 200 valence electrons. The van der Waals surface area contributed by atoms with Gasteiger partial charge in [-0.05, 0) is 19.3 Å². The van der Waals surface area contributed by atoms with Gasteiger partial charge in [-0.2, -0.15) is 0 Å². The number of amides is 1. The van der Waals surface area contributed by atoms with Crippen LogP contribution in [0.2, 0.25) is 0 Å². The molecule has 2 aliphatic heterocycles. The highest BCUT2D eigenvalue weighted by Gasteiger charge is 2.50. The Labute approximate surface area is 203 Å². The fourth-order valence-corrected chi connectivity index (χ4v) is 4.73. The Kier molecular flexibility index (Phi) is 10.7. The number of aliphatic hydroxyl groups is 2. The van der Waals surface area contributed by atoms with Crippen molar-refractivity contribution in [1.29, 1.82) is 0 Å². The quantitative estimate of drug-likeness (QED) is 0.366. The third-order valence-corrected chi connectivity index (χ3v) is 7.67. The molecule has 2 heterocycles. The van der Waals surface area contributed by atoms with Gasteiger partial charge in [-0.25, -0.2) is 0 Å². The number of methoxy groups -OCH3 is 4. The second kappa shape index (κ2) is 12.4. The molecule has 2 saturated heterocycles. The Morgan fingerprint density at radius 1 is 1.18 bits per heavy atom. The maximum atomic E-state index is 13.1. The lowest BCUT2D eigenvalue weighted by molar-refractivity contribution is -0.308. The van der Waals surface area contributed by atoms with E-state index in [0.717, 1.165) is 6.42 Å². The Morgan fingerprint density at radius 2 is 1.85 bits per heavy atom. The zero-order chi connectivity index (χ0) is 25.7. The van der Waals surface area contributed by atoms with Crippen LogP contribution in [0.4, 0.5) is 0 Å². The zero-order valence-corrected chi connectivity index (χ0v) is 21.9. The zero-order valence-electron chi connectivity index (χ0n) is 21.9. The summed E-state index contributed by atoms with van der Waals surface area (Å²) in [6.45, 7) is 8.22. The lowest BCUT2D eigenvalue weighted by Crippen LogP contribution is -2.62. The first-order valence-electron chi connectivity index (χ1n) is 12.0. The molecule has 0 radical (unpaired) electrons. The van der Waals surface area contributed by atoms with Gasteiger partial charge < -0.3 is 44.0 Å². The summed E-state index contributed by atoms with van der Waals surface area (Å²) in [7, 11) is 6.07. The van der Waals surface area contributed by atoms with Crippen LogP contribution >= 0.6 is 0 Å². The summed E-state index contributed by atoms with van der Waals surface area (Å²) in [5.74, 6) is -1.83. The molecule has 0 saturated carbocycles. The van der Waals surface area contributed by atoms with E-state index in [2.05, 4.69) is 12.2 Å². The second-order valence-electron chi connectivity index (χ2n) is 10.2. The highest BCUT2D eigenvalue weighted by Crippen LogP contribution is 2.40. The number of aliphatic hydroxyl groups excluding tert-OH is 2. The summed E-state index contributed by atoms with van der Waals surface area (Å²) in [5.41, 5.74) is -0.550. The van der Waals surface area contributed by atoms with Crippen molar-refractivity contribution in [3.8, 4) is 0 Å². The van der Waals surface area contributed by atoms with Gasteiger partial charge in [-0.15, -0.1) is 0 Å². The van der Waals surface area contributed by atoms with Gasteiger partial charge in [0.1, 0.15) is 6.10 Å². The first-order chi connectivity index (χ1) is 15.9. The van der Waals surface area contributed by atoms with E-state index in [-0.39, 0.29) is 30.7 Å². The molecule has 0 spiro atoms. The number of hydrogen-bond donors (Lipinski definition) is 3. The number of carbonyl (C=O) groups excluding carboxylic acids is 1. The van der Waals surface area contributed by atoms with Crippen molar-refractivity contribution in [2.24, 2.45) is 11.3 Å². The lowest BCUT2D eigenvalue weighted by Gasteiger charge is -2.48. The summed E-state index contributed by atoms with van der Waals surface area (Å²) >= 11 is 0. The Hall–Kier alpha value is -0.850. The highest BCUT2D eigenvalue weighted by atomic mass is 16.7. The van der Waals surface area contributed by atoms with Gasteiger partial charge in [-0.3, -0.25) is 4.79 Å². The van der Waals surface area contributed by atoms with Gasteiger partial charge in [-0.1, -0.05) is 20.8 Å². The number of hydrogen-bond acceptors (Lipinski definition) is 9. The van der Waals surface area contributed by atoms with Gasteiger partial charge in [0, 0.05) is 53.1 Å². The van der Waals surface area contributed by atoms with Crippen LogP contribution in [0.3, 0.4) is 0 Å². The van der Waals surface area contributed by atoms with E-state index >= 15 is 0 Å². The molecular weight excluding hydrogens is 446 g/mol. The molecule has 2 fully saturated rings. The second-order valence-corrected chi connectivity index (χ2v) is 10.2. The molecule has 0 aromatic heterocycles. The first-order valence-corrected chi connectivity index (χ1v) is 12.0. The van der Waals surface area contributed by atoms with E-state index in [4.69, 9.17) is 28.4 Å². The molecule has 0 bridgehead atoms. The first kappa shape index (κ1) is 29.4. The van der Waals surface area contributed by atoms with Crippen molar-refractivity contribution < 1.29 is 43.4 Å². The van der Waals surface area contributed by atoms with Crippen LogP contribution in [0.5, 0.6) is 0 Å². The van der Waals surface area contributed by atoms with Crippen molar-refractivity contribution in [2.45, 2.75) is 102 Å². The van der Waals surface area contributed by atoms with Crippen molar-refractivity contribution in [2.75, 3.05) is 35.0 Å². The number of carbonyl (C=O) groups is 1. The molecule has 2 rings (SSSR count). The fraction of sp³-hybridized carbons (Fsp3) is 0.958. The Balaban J connectivity index is 2.13. The summed E-state index contributed by atoms with van der Waals surface area (Å²) in [5, 5.41) is 24.5. The molecule has 10 nitrogen and oxygen atoms in total. The summed E-state index contributed by atoms with van der Waals surface area (Å²) in [6.07, 6.45) is -2.69. The molecule has 34 heavy (non-hydrogen) atoms. The van der Waals surface area contributed by atoms with E-state index in [1.54, 1.807) is 14.2 Å². The van der Waals surface area contributed by atoms with Crippen LogP contribution in [0.1, 0.15) is 53.4 Å². The average Bonchev–Trinajstić information content (AvgIpc) is 2.81. The highest BCUT2D eigenvalue weighted by molar-refractivity contribution is 5.81. The maximum Gasteiger partial charge on any atom is 0.256 e. The van der Waals surface area contributed by atoms with Crippen molar-refractivity contribution in [3.05, 3.63) is 0 Å². The summed E-state index contributed by atoms with van der Waals surface area (Å²) < 4.78 is 34.0. The van der Waals surface area contributed by atoms with Crippen molar-refractivity contribution >= 4 is 5.91 Å². The van der Waals surface area contributed by atoms with Crippen LogP contribution in [0.15, 0.2) is 0 Å². The van der Waals surface area contributed by atoms with Gasteiger partial charge in [0.2, 0.25) is 5.79 Å². The van der Waals surface area contributed by atoms with E-state index < -0.39 is 41.6 Å². The van der Waals surface area contributed by atoms with E-state index in [1.165, 1.54) is 14.2 Å². The minimum absolute atomic E-state index is 0.171. The maximum absolute atomic E-state index is 13.1. The summed E-state index contributed by atoms with van der Waals surface area (Å²) in [4.78, 5) is 13.1. The normalized spacial score (nSPS) is 36.5. The average molecular weight is 492 g/mol. The van der Waals surface area contributed by atoms with E-state index in [0.29, 0.717) is 19.4 Å².